The van der Waals surface area contributed by atoms with Gasteiger partial charge >= 0.3 is 0 Å². The molecule has 0 atom stereocenters. The first-order valence-electron chi connectivity index (χ1n) is 6.94. The minimum Gasteiger partial charge on any atom is -0.508 e. The van der Waals surface area contributed by atoms with Crippen LogP contribution in [0.3, 0.4) is 0 Å². The molecule has 0 bridgehead atoms. The Morgan fingerprint density at radius 2 is 1.95 bits per heavy atom. The van der Waals surface area contributed by atoms with Crippen LogP contribution in [0.5, 0.6) is 11.5 Å². The normalized spacial score (nSPS) is 10.7. The van der Waals surface area contributed by atoms with Crippen molar-refractivity contribution in [2.75, 3.05) is 5.32 Å². The Bertz CT molecular complexity index is 626. The van der Waals surface area contributed by atoms with Crippen molar-refractivity contribution >= 4 is 17.3 Å². The molecule has 0 spiro atoms. The van der Waals surface area contributed by atoms with E-state index >= 15 is 0 Å². The maximum Gasteiger partial charge on any atom is 0.120 e. The first kappa shape index (κ1) is 15.5. The van der Waals surface area contributed by atoms with Crippen molar-refractivity contribution in [2.24, 2.45) is 0 Å². The van der Waals surface area contributed by atoms with Gasteiger partial charge in [-0.15, -0.1) is 0 Å². The lowest BCUT2D eigenvalue weighted by molar-refractivity contribution is 0.242. The molecule has 0 aliphatic rings. The van der Waals surface area contributed by atoms with E-state index in [1.165, 1.54) is 0 Å². The summed E-state index contributed by atoms with van der Waals surface area (Å²) in [5, 5.41) is 13.7. The van der Waals surface area contributed by atoms with Crippen LogP contribution in [-0.2, 0) is 6.54 Å². The van der Waals surface area contributed by atoms with Crippen LogP contribution in [-0.4, -0.2) is 11.2 Å². The Morgan fingerprint density at radius 3 is 2.62 bits per heavy atom. The summed E-state index contributed by atoms with van der Waals surface area (Å²) in [6.45, 7) is 6.54. The molecule has 0 heterocycles. The number of nitrogens with one attached hydrogen (secondary N) is 1. The lowest BCUT2D eigenvalue weighted by Gasteiger charge is -2.14. The van der Waals surface area contributed by atoms with Gasteiger partial charge < -0.3 is 15.2 Å². The molecule has 2 rings (SSSR count). The van der Waals surface area contributed by atoms with Gasteiger partial charge in [-0.05, 0) is 62.7 Å². The van der Waals surface area contributed by atoms with Crippen LogP contribution in [0, 0.1) is 6.92 Å². The average molecular weight is 306 g/mol. The van der Waals surface area contributed by atoms with E-state index in [2.05, 4.69) is 5.32 Å². The summed E-state index contributed by atoms with van der Waals surface area (Å²) in [5.41, 5.74) is 2.87. The predicted octanol–water partition coefficient (Wildman–Crippen LogP) is 4.75. The molecule has 0 aromatic heterocycles. The number of aromatic hydroxyl groups is 1. The third kappa shape index (κ3) is 4.30. The maximum atomic E-state index is 9.81. The fraction of sp³-hybridized carbons (Fsp3) is 0.294. The fourth-order valence-electron chi connectivity index (χ4n) is 2.07. The number of hydrogen-bond donors (Lipinski definition) is 2. The number of benzene rings is 2. The summed E-state index contributed by atoms with van der Waals surface area (Å²) in [6, 6.07) is 11.0. The zero-order chi connectivity index (χ0) is 15.4. The highest BCUT2D eigenvalue weighted by atomic mass is 35.5. The molecule has 112 valence electrons. The van der Waals surface area contributed by atoms with Gasteiger partial charge in [-0.25, -0.2) is 0 Å². The molecule has 2 aromatic carbocycles. The van der Waals surface area contributed by atoms with Gasteiger partial charge in [0, 0.05) is 22.8 Å². The fourth-order valence-corrected chi connectivity index (χ4v) is 2.26. The molecular weight excluding hydrogens is 286 g/mol. The second-order valence-corrected chi connectivity index (χ2v) is 5.71. The van der Waals surface area contributed by atoms with Crippen molar-refractivity contribution < 1.29 is 9.84 Å². The minimum absolute atomic E-state index is 0.159. The number of aryl methyl sites for hydroxylation is 1. The lowest BCUT2D eigenvalue weighted by atomic mass is 10.1. The molecule has 2 aromatic rings. The van der Waals surface area contributed by atoms with Gasteiger partial charge in [-0.3, -0.25) is 0 Å². The summed E-state index contributed by atoms with van der Waals surface area (Å²) in [6.07, 6.45) is 0.159. The number of rotatable bonds is 5. The standard InChI is InChI=1S/C17H20ClNO2/c1-11(2)21-15-5-6-16(12(3)8-15)19-10-13-9-14(18)4-7-17(13)20/h4-9,11,19-20H,10H2,1-3H3. The van der Waals surface area contributed by atoms with Crippen LogP contribution in [0.25, 0.3) is 0 Å². The molecule has 0 aliphatic heterocycles. The minimum atomic E-state index is 0.159. The van der Waals surface area contributed by atoms with Crippen molar-refractivity contribution in [1.29, 1.82) is 0 Å². The number of hydrogen-bond acceptors (Lipinski definition) is 3. The summed E-state index contributed by atoms with van der Waals surface area (Å²) in [5.74, 6) is 1.10. The monoisotopic (exact) mass is 305 g/mol. The van der Waals surface area contributed by atoms with Crippen molar-refractivity contribution in [1.82, 2.24) is 0 Å². The smallest absolute Gasteiger partial charge is 0.120 e. The maximum absolute atomic E-state index is 9.81. The lowest BCUT2D eigenvalue weighted by Crippen LogP contribution is -2.06. The molecule has 0 aliphatic carbocycles. The SMILES string of the molecule is Cc1cc(OC(C)C)ccc1NCc1cc(Cl)ccc1O. The first-order chi connectivity index (χ1) is 9.95. The predicted molar refractivity (Wildman–Crippen MR) is 87.4 cm³/mol. The summed E-state index contributed by atoms with van der Waals surface area (Å²) >= 11 is 5.94. The van der Waals surface area contributed by atoms with Crippen LogP contribution in [0.2, 0.25) is 5.02 Å². The Balaban J connectivity index is 2.08. The molecule has 0 unspecified atom stereocenters. The second kappa shape index (κ2) is 6.72. The highest BCUT2D eigenvalue weighted by Gasteiger charge is 2.05. The Morgan fingerprint density at radius 1 is 1.19 bits per heavy atom. The molecule has 2 N–H and O–H groups in total. The van der Waals surface area contributed by atoms with E-state index in [0.717, 1.165) is 22.6 Å². The zero-order valence-electron chi connectivity index (χ0n) is 12.5. The molecule has 0 fully saturated rings. The Kier molecular flexibility index (Phi) is 4.97. The first-order valence-corrected chi connectivity index (χ1v) is 7.32. The van der Waals surface area contributed by atoms with Gasteiger partial charge in [0.25, 0.3) is 0 Å². The molecule has 0 amide bonds. The van der Waals surface area contributed by atoms with E-state index < -0.39 is 0 Å². The van der Waals surface area contributed by atoms with E-state index in [4.69, 9.17) is 16.3 Å². The second-order valence-electron chi connectivity index (χ2n) is 5.27. The van der Waals surface area contributed by atoms with Crippen LogP contribution < -0.4 is 10.1 Å². The molecule has 0 saturated heterocycles. The molecule has 4 heteroatoms. The van der Waals surface area contributed by atoms with E-state index in [1.54, 1.807) is 18.2 Å². The topological polar surface area (TPSA) is 41.5 Å². The van der Waals surface area contributed by atoms with E-state index in [-0.39, 0.29) is 11.9 Å². The number of phenols is 1. The van der Waals surface area contributed by atoms with Gasteiger partial charge in [0.15, 0.2) is 0 Å². The average Bonchev–Trinajstić information content (AvgIpc) is 2.41. The Hall–Kier alpha value is -1.87. The van der Waals surface area contributed by atoms with Crippen LogP contribution in [0.1, 0.15) is 25.0 Å². The quantitative estimate of drug-likeness (QED) is 0.837. The third-order valence-electron chi connectivity index (χ3n) is 3.08. The molecular formula is C17H20ClNO2. The van der Waals surface area contributed by atoms with Crippen molar-refractivity contribution in [3.8, 4) is 11.5 Å². The van der Waals surface area contributed by atoms with Crippen LogP contribution in [0.4, 0.5) is 5.69 Å². The Labute approximate surface area is 130 Å². The summed E-state index contributed by atoms with van der Waals surface area (Å²) in [4.78, 5) is 0. The molecule has 0 radical (unpaired) electrons. The van der Waals surface area contributed by atoms with Crippen molar-refractivity contribution in [3.05, 3.63) is 52.5 Å². The zero-order valence-corrected chi connectivity index (χ0v) is 13.2. The van der Waals surface area contributed by atoms with Gasteiger partial charge in [-0.1, -0.05) is 11.6 Å². The molecule has 3 nitrogen and oxygen atoms in total. The van der Waals surface area contributed by atoms with Crippen molar-refractivity contribution in [3.63, 3.8) is 0 Å². The van der Waals surface area contributed by atoms with Gasteiger partial charge in [0.1, 0.15) is 11.5 Å². The van der Waals surface area contributed by atoms with Crippen LogP contribution >= 0.6 is 11.6 Å². The number of phenolic OH excluding ortho intramolecular Hbond substituents is 1. The van der Waals surface area contributed by atoms with Crippen molar-refractivity contribution in [2.45, 2.75) is 33.4 Å². The highest BCUT2D eigenvalue weighted by Crippen LogP contribution is 2.25. The van der Waals surface area contributed by atoms with E-state index in [1.807, 2.05) is 39.0 Å². The largest absolute Gasteiger partial charge is 0.508 e. The van der Waals surface area contributed by atoms with E-state index in [0.29, 0.717) is 11.6 Å². The number of anilines is 1. The van der Waals surface area contributed by atoms with E-state index in [9.17, 15) is 5.11 Å². The summed E-state index contributed by atoms with van der Waals surface area (Å²) < 4.78 is 5.66. The number of ether oxygens (including phenoxy) is 1. The van der Waals surface area contributed by atoms with Gasteiger partial charge in [0.05, 0.1) is 6.10 Å². The van der Waals surface area contributed by atoms with Gasteiger partial charge in [0.2, 0.25) is 0 Å². The summed E-state index contributed by atoms with van der Waals surface area (Å²) in [7, 11) is 0. The number of halogens is 1. The van der Waals surface area contributed by atoms with Gasteiger partial charge in [-0.2, -0.15) is 0 Å². The third-order valence-corrected chi connectivity index (χ3v) is 3.32. The van der Waals surface area contributed by atoms with Crippen LogP contribution in [0.15, 0.2) is 36.4 Å². The molecule has 21 heavy (non-hydrogen) atoms. The molecule has 0 saturated carbocycles. The highest BCUT2D eigenvalue weighted by molar-refractivity contribution is 6.30.